The van der Waals surface area contributed by atoms with E-state index in [1.54, 1.807) is 0 Å². The molecule has 0 saturated carbocycles. The van der Waals surface area contributed by atoms with Crippen LogP contribution >= 0.6 is 0 Å². The van der Waals surface area contributed by atoms with E-state index in [0.717, 1.165) is 53.2 Å². The van der Waals surface area contributed by atoms with Gasteiger partial charge in [-0.15, -0.1) is 0 Å². The van der Waals surface area contributed by atoms with Gasteiger partial charge >= 0.3 is 0 Å². The van der Waals surface area contributed by atoms with Crippen molar-refractivity contribution in [1.82, 2.24) is 4.57 Å². The van der Waals surface area contributed by atoms with Gasteiger partial charge in [0.05, 0.1) is 23.4 Å². The van der Waals surface area contributed by atoms with Crippen molar-refractivity contribution in [3.8, 4) is 18.2 Å². The number of allylic oxidation sites excluding steroid dienone is 4. The zero-order valence-electron chi connectivity index (χ0n) is 18.0. The van der Waals surface area contributed by atoms with Crippen molar-refractivity contribution in [3.05, 3.63) is 70.9 Å². The number of aryl methyl sites for hydroxylation is 1. The van der Waals surface area contributed by atoms with Crippen LogP contribution in [0.15, 0.2) is 65.4 Å². The van der Waals surface area contributed by atoms with E-state index in [1.165, 1.54) is 5.52 Å². The number of fused-ring (bicyclic) bond motifs is 4. The number of nitriles is 3. The van der Waals surface area contributed by atoms with Crippen LogP contribution in [0.2, 0.25) is 0 Å². The second kappa shape index (κ2) is 7.30. The predicted octanol–water partition coefficient (Wildman–Crippen LogP) is 5.41. The van der Waals surface area contributed by atoms with Gasteiger partial charge in [0.2, 0.25) is 0 Å². The Hall–Kier alpha value is -4.01. The van der Waals surface area contributed by atoms with Crippen LogP contribution in [0.4, 0.5) is 0 Å². The molecule has 5 heteroatoms. The zero-order chi connectivity index (χ0) is 22.5. The summed E-state index contributed by atoms with van der Waals surface area (Å²) >= 11 is 0. The van der Waals surface area contributed by atoms with E-state index in [0.29, 0.717) is 5.57 Å². The Labute approximate surface area is 187 Å². The van der Waals surface area contributed by atoms with Crippen LogP contribution in [-0.2, 0) is 6.54 Å². The number of rotatable bonds is 2. The Balaban J connectivity index is 1.82. The molecule has 2 aliphatic carbocycles. The van der Waals surface area contributed by atoms with E-state index >= 15 is 0 Å². The van der Waals surface area contributed by atoms with Crippen LogP contribution in [0.1, 0.15) is 37.7 Å². The monoisotopic (exact) mass is 417 g/mol. The Morgan fingerprint density at radius 1 is 1.06 bits per heavy atom. The van der Waals surface area contributed by atoms with E-state index in [4.69, 9.17) is 5.73 Å². The highest BCUT2D eigenvalue weighted by Crippen LogP contribution is 2.56. The smallest absolute Gasteiger partial charge is 0.191 e. The van der Waals surface area contributed by atoms with Crippen molar-refractivity contribution in [1.29, 1.82) is 15.8 Å². The minimum atomic E-state index is -1.57. The number of hydrogen-bond acceptors (Lipinski definition) is 4. The van der Waals surface area contributed by atoms with Gasteiger partial charge in [-0.05, 0) is 61.4 Å². The summed E-state index contributed by atoms with van der Waals surface area (Å²) in [5.74, 6) is -0.503. The summed E-state index contributed by atoms with van der Waals surface area (Å²) in [7, 11) is 0. The molecule has 156 valence electrons. The van der Waals surface area contributed by atoms with Crippen LogP contribution < -0.4 is 5.73 Å². The molecular formula is C27H23N5. The fourth-order valence-electron chi connectivity index (χ4n) is 5.85. The summed E-state index contributed by atoms with van der Waals surface area (Å²) in [5, 5.41) is 32.6. The lowest BCUT2D eigenvalue weighted by atomic mass is 9.56. The van der Waals surface area contributed by atoms with Crippen molar-refractivity contribution in [2.75, 3.05) is 0 Å². The quantitative estimate of drug-likeness (QED) is 0.602. The van der Waals surface area contributed by atoms with Gasteiger partial charge in [-0.3, -0.25) is 0 Å². The van der Waals surface area contributed by atoms with E-state index in [2.05, 4.69) is 60.0 Å². The largest absolute Gasteiger partial charge is 0.399 e. The lowest BCUT2D eigenvalue weighted by molar-refractivity contribution is 0.318. The first-order valence-electron chi connectivity index (χ1n) is 11.0. The minimum absolute atomic E-state index is 0.0815. The number of benzene rings is 2. The van der Waals surface area contributed by atoms with Crippen molar-refractivity contribution in [2.24, 2.45) is 17.1 Å². The maximum absolute atomic E-state index is 10.3. The minimum Gasteiger partial charge on any atom is -0.399 e. The van der Waals surface area contributed by atoms with Crippen molar-refractivity contribution < 1.29 is 0 Å². The molecule has 2 N–H and O–H groups in total. The maximum atomic E-state index is 10.3. The first kappa shape index (κ1) is 19.9. The maximum Gasteiger partial charge on any atom is 0.191 e. The van der Waals surface area contributed by atoms with Crippen molar-refractivity contribution in [3.63, 3.8) is 0 Å². The van der Waals surface area contributed by atoms with Crippen molar-refractivity contribution in [2.45, 2.75) is 38.6 Å². The summed E-state index contributed by atoms with van der Waals surface area (Å²) in [6.45, 7) is 2.98. The zero-order valence-corrected chi connectivity index (χ0v) is 18.0. The highest BCUT2D eigenvalue weighted by atomic mass is 15.0. The van der Waals surface area contributed by atoms with Gasteiger partial charge in [0.1, 0.15) is 6.07 Å². The average molecular weight is 418 g/mol. The normalized spacial score (nSPS) is 22.0. The van der Waals surface area contributed by atoms with E-state index in [9.17, 15) is 15.8 Å². The van der Waals surface area contributed by atoms with Crippen LogP contribution in [0.5, 0.6) is 0 Å². The SMILES string of the molecule is CCn1c2ccccc2c2cc(C3C4CCCC=C4C(C#N)=C(N)C3(C#N)C#N)ccc21. The number of hydrogen-bond donors (Lipinski definition) is 1. The third-order valence-electron chi connectivity index (χ3n) is 7.27. The Bertz CT molecular complexity index is 1430. The molecule has 0 amide bonds. The fraction of sp³-hybridized carbons (Fsp3) is 0.296. The van der Waals surface area contributed by atoms with E-state index < -0.39 is 11.3 Å². The molecule has 5 nitrogen and oxygen atoms in total. The molecule has 0 radical (unpaired) electrons. The standard InChI is InChI=1S/C27H23N5/c1-2-32-23-10-6-5-8-19(23)21-13-17(11-12-24(21)32)25-20-9-4-3-7-18(20)22(14-28)26(31)27(25,15-29)16-30/h5-8,10-13,20,25H,2-4,9,31H2,1H3. The molecule has 0 aliphatic heterocycles. The first-order valence-corrected chi connectivity index (χ1v) is 11.0. The summed E-state index contributed by atoms with van der Waals surface area (Å²) < 4.78 is 2.28. The van der Waals surface area contributed by atoms with Crippen LogP contribution in [0, 0.1) is 45.3 Å². The van der Waals surface area contributed by atoms with Gasteiger partial charge in [-0.25, -0.2) is 0 Å². The molecular weight excluding hydrogens is 394 g/mol. The molecule has 3 aromatic rings. The molecule has 5 rings (SSSR count). The second-order valence-corrected chi connectivity index (χ2v) is 8.64. The Morgan fingerprint density at radius 2 is 1.81 bits per heavy atom. The van der Waals surface area contributed by atoms with Gasteiger partial charge < -0.3 is 10.3 Å². The lowest BCUT2D eigenvalue weighted by Crippen LogP contribution is -2.42. The van der Waals surface area contributed by atoms with Crippen LogP contribution in [-0.4, -0.2) is 4.57 Å². The fourth-order valence-corrected chi connectivity index (χ4v) is 5.85. The third-order valence-corrected chi connectivity index (χ3v) is 7.27. The summed E-state index contributed by atoms with van der Waals surface area (Å²) in [4.78, 5) is 0. The summed E-state index contributed by atoms with van der Waals surface area (Å²) in [6, 6.07) is 21.2. The summed E-state index contributed by atoms with van der Waals surface area (Å²) in [6.07, 6.45) is 4.75. The predicted molar refractivity (Wildman–Crippen MR) is 124 cm³/mol. The van der Waals surface area contributed by atoms with Gasteiger partial charge in [0.25, 0.3) is 0 Å². The molecule has 2 aliphatic rings. The number of nitrogens with zero attached hydrogens (tertiary/aromatic N) is 4. The third kappa shape index (κ3) is 2.47. The van der Waals surface area contributed by atoms with Crippen LogP contribution in [0.25, 0.3) is 21.8 Å². The molecule has 0 fully saturated rings. The van der Waals surface area contributed by atoms with Gasteiger partial charge in [-0.1, -0.05) is 30.3 Å². The van der Waals surface area contributed by atoms with Crippen molar-refractivity contribution >= 4 is 21.8 Å². The molecule has 0 saturated heterocycles. The highest BCUT2D eigenvalue weighted by molar-refractivity contribution is 6.08. The van der Waals surface area contributed by atoms with Crippen LogP contribution in [0.3, 0.4) is 0 Å². The number of para-hydroxylation sites is 1. The Morgan fingerprint density at radius 3 is 2.53 bits per heavy atom. The highest BCUT2D eigenvalue weighted by Gasteiger charge is 2.53. The molecule has 2 atom stereocenters. The summed E-state index contributed by atoms with van der Waals surface area (Å²) in [5.41, 5.74) is 9.39. The van der Waals surface area contributed by atoms with Gasteiger partial charge in [-0.2, -0.15) is 15.8 Å². The molecule has 2 unspecified atom stereocenters. The van der Waals surface area contributed by atoms with Gasteiger partial charge in [0, 0.05) is 34.3 Å². The molecule has 32 heavy (non-hydrogen) atoms. The lowest BCUT2D eigenvalue weighted by Gasteiger charge is -2.43. The Kier molecular flexibility index (Phi) is 4.54. The molecule has 1 heterocycles. The second-order valence-electron chi connectivity index (χ2n) is 8.64. The molecule has 0 bridgehead atoms. The van der Waals surface area contributed by atoms with E-state index in [-0.39, 0.29) is 11.6 Å². The van der Waals surface area contributed by atoms with Gasteiger partial charge in [0.15, 0.2) is 5.41 Å². The molecule has 0 spiro atoms. The number of nitrogens with two attached hydrogens (primary N) is 1. The molecule has 1 aromatic heterocycles. The number of aromatic nitrogens is 1. The average Bonchev–Trinajstić information content (AvgIpc) is 3.16. The first-order chi connectivity index (χ1) is 15.6. The van der Waals surface area contributed by atoms with E-state index in [1.807, 2.05) is 18.2 Å². The topological polar surface area (TPSA) is 102 Å². The molecule has 2 aromatic carbocycles.